The van der Waals surface area contributed by atoms with Gasteiger partial charge in [0.25, 0.3) is 6.08 Å². The maximum Gasteiger partial charge on any atom is 0.269 e. The average molecular weight is 161 g/mol. The number of hydrogen-bond acceptors (Lipinski definition) is 1. The van der Waals surface area contributed by atoms with Gasteiger partial charge in [-0.1, -0.05) is 6.92 Å². The average Bonchev–Trinajstić information content (AvgIpc) is 2.05. The van der Waals surface area contributed by atoms with Crippen molar-refractivity contribution in [2.75, 3.05) is 19.6 Å². The molecule has 1 aliphatic heterocycles. The highest BCUT2D eigenvalue weighted by Crippen LogP contribution is 2.20. The lowest BCUT2D eigenvalue weighted by atomic mass is 10.1. The van der Waals surface area contributed by atoms with Crippen LogP contribution in [0.5, 0.6) is 0 Å². The second-order valence-electron chi connectivity index (χ2n) is 2.80. The molecule has 1 fully saturated rings. The van der Waals surface area contributed by atoms with Gasteiger partial charge in [-0.05, 0) is 25.0 Å². The van der Waals surface area contributed by atoms with Crippen LogP contribution in [0.3, 0.4) is 0 Å². The van der Waals surface area contributed by atoms with Crippen LogP contribution in [0.15, 0.2) is 11.7 Å². The van der Waals surface area contributed by atoms with Crippen molar-refractivity contribution in [2.45, 2.75) is 19.8 Å². The first kappa shape index (κ1) is 8.65. The minimum absolute atomic E-state index is 0.356. The first-order chi connectivity index (χ1) is 5.24. The molecule has 0 bridgehead atoms. The Kier molecular flexibility index (Phi) is 3.00. The first-order valence-electron chi connectivity index (χ1n) is 3.99. The summed E-state index contributed by atoms with van der Waals surface area (Å²) < 4.78 is 24.0. The highest BCUT2D eigenvalue weighted by Gasteiger charge is 2.15. The van der Waals surface area contributed by atoms with Crippen molar-refractivity contribution in [2.24, 2.45) is 0 Å². The number of likely N-dealkylation sites (tertiary alicyclic amines) is 1. The van der Waals surface area contributed by atoms with Gasteiger partial charge in [-0.15, -0.1) is 0 Å². The Bertz CT molecular complexity index is 151. The molecular formula is C8H13F2N. The van der Waals surface area contributed by atoms with E-state index in [1.807, 2.05) is 0 Å². The third-order valence-corrected chi connectivity index (χ3v) is 2.17. The minimum atomic E-state index is -1.46. The first-order valence-corrected chi connectivity index (χ1v) is 3.99. The molecular weight excluding hydrogens is 148 g/mol. The summed E-state index contributed by atoms with van der Waals surface area (Å²) >= 11 is 0. The second-order valence-corrected chi connectivity index (χ2v) is 2.80. The summed E-state index contributed by atoms with van der Waals surface area (Å²) in [6.07, 6.45) is -0.354. The van der Waals surface area contributed by atoms with Gasteiger partial charge in [0.2, 0.25) is 0 Å². The Hall–Kier alpha value is -0.440. The summed E-state index contributed by atoms with van der Waals surface area (Å²) in [5.41, 5.74) is 0.356. The lowest BCUT2D eigenvalue weighted by molar-refractivity contribution is 0.259. The Labute approximate surface area is 65.7 Å². The van der Waals surface area contributed by atoms with Gasteiger partial charge in [0.05, 0.1) is 0 Å². The smallest absolute Gasteiger partial charge is 0.269 e. The maximum atomic E-state index is 12.0. The quantitative estimate of drug-likeness (QED) is 0.570. The monoisotopic (exact) mass is 161 g/mol. The topological polar surface area (TPSA) is 3.24 Å². The van der Waals surface area contributed by atoms with Crippen molar-refractivity contribution >= 4 is 0 Å². The molecule has 64 valence electrons. The molecule has 0 unspecified atom stereocenters. The molecule has 0 N–H and O–H groups in total. The van der Waals surface area contributed by atoms with Gasteiger partial charge in [-0.25, -0.2) is 0 Å². The molecule has 1 rings (SSSR count). The third-order valence-electron chi connectivity index (χ3n) is 2.17. The fourth-order valence-electron chi connectivity index (χ4n) is 1.33. The van der Waals surface area contributed by atoms with Gasteiger partial charge in [-0.2, -0.15) is 8.78 Å². The van der Waals surface area contributed by atoms with Crippen LogP contribution in [0, 0.1) is 0 Å². The number of piperidine rings is 1. The lowest BCUT2D eigenvalue weighted by Crippen LogP contribution is -2.30. The van der Waals surface area contributed by atoms with E-state index in [1.54, 1.807) is 0 Å². The predicted octanol–water partition coefficient (Wildman–Crippen LogP) is 2.25. The van der Waals surface area contributed by atoms with E-state index < -0.39 is 6.08 Å². The van der Waals surface area contributed by atoms with Crippen molar-refractivity contribution in [3.05, 3.63) is 11.7 Å². The number of halogens is 2. The zero-order chi connectivity index (χ0) is 8.27. The fourth-order valence-corrected chi connectivity index (χ4v) is 1.33. The number of rotatable bonds is 1. The van der Waals surface area contributed by atoms with Gasteiger partial charge in [0.15, 0.2) is 0 Å². The fraction of sp³-hybridized carbons (Fsp3) is 0.750. The van der Waals surface area contributed by atoms with Gasteiger partial charge in [0, 0.05) is 13.1 Å². The predicted molar refractivity (Wildman–Crippen MR) is 40.6 cm³/mol. The second kappa shape index (κ2) is 3.81. The van der Waals surface area contributed by atoms with Crippen molar-refractivity contribution in [3.63, 3.8) is 0 Å². The minimum Gasteiger partial charge on any atom is -0.303 e. The summed E-state index contributed by atoms with van der Waals surface area (Å²) in [7, 11) is 0. The van der Waals surface area contributed by atoms with Crippen LogP contribution in [-0.4, -0.2) is 24.5 Å². The molecule has 11 heavy (non-hydrogen) atoms. The molecule has 0 aromatic carbocycles. The SMILES string of the molecule is CCN1CCC(=C(F)F)CC1. The molecule has 0 aromatic heterocycles. The molecule has 0 aromatic rings. The molecule has 0 atom stereocenters. The zero-order valence-corrected chi connectivity index (χ0v) is 6.74. The molecule has 1 aliphatic rings. The molecule has 0 radical (unpaired) electrons. The van der Waals surface area contributed by atoms with Gasteiger partial charge in [0.1, 0.15) is 0 Å². The van der Waals surface area contributed by atoms with Crippen LogP contribution in [0.25, 0.3) is 0 Å². The van der Waals surface area contributed by atoms with Gasteiger partial charge >= 0.3 is 0 Å². The van der Waals surface area contributed by atoms with E-state index in [1.165, 1.54) is 0 Å². The summed E-state index contributed by atoms with van der Waals surface area (Å²) in [5, 5.41) is 0. The molecule has 0 aliphatic carbocycles. The molecule has 1 saturated heterocycles. The Balaban J connectivity index is 2.42. The normalized spacial score (nSPS) is 20.5. The van der Waals surface area contributed by atoms with Gasteiger partial charge in [-0.3, -0.25) is 0 Å². The summed E-state index contributed by atoms with van der Waals surface area (Å²) in [6, 6.07) is 0. The van der Waals surface area contributed by atoms with Crippen LogP contribution in [0.1, 0.15) is 19.8 Å². The van der Waals surface area contributed by atoms with Crippen molar-refractivity contribution in [1.29, 1.82) is 0 Å². The Morgan fingerprint density at radius 2 is 1.91 bits per heavy atom. The molecule has 0 spiro atoms. The van der Waals surface area contributed by atoms with Crippen molar-refractivity contribution in [3.8, 4) is 0 Å². The molecule has 0 saturated carbocycles. The van der Waals surface area contributed by atoms with Crippen LogP contribution < -0.4 is 0 Å². The largest absolute Gasteiger partial charge is 0.303 e. The molecule has 0 amide bonds. The van der Waals surface area contributed by atoms with E-state index in [0.29, 0.717) is 18.4 Å². The van der Waals surface area contributed by atoms with Crippen LogP contribution >= 0.6 is 0 Å². The van der Waals surface area contributed by atoms with Crippen LogP contribution in [-0.2, 0) is 0 Å². The van der Waals surface area contributed by atoms with Crippen LogP contribution in [0.4, 0.5) is 8.78 Å². The Morgan fingerprint density at radius 1 is 1.36 bits per heavy atom. The number of nitrogens with zero attached hydrogens (tertiary/aromatic N) is 1. The summed E-state index contributed by atoms with van der Waals surface area (Å²) in [5.74, 6) is 0. The molecule has 3 heteroatoms. The Morgan fingerprint density at radius 3 is 2.27 bits per heavy atom. The number of hydrogen-bond donors (Lipinski definition) is 0. The van der Waals surface area contributed by atoms with Crippen LogP contribution in [0.2, 0.25) is 0 Å². The van der Waals surface area contributed by atoms with E-state index in [9.17, 15) is 8.78 Å². The highest BCUT2D eigenvalue weighted by molar-refractivity contribution is 5.05. The molecule has 1 heterocycles. The summed E-state index contributed by atoms with van der Waals surface area (Å²) in [4.78, 5) is 2.19. The zero-order valence-electron chi connectivity index (χ0n) is 6.74. The highest BCUT2D eigenvalue weighted by atomic mass is 19.3. The lowest BCUT2D eigenvalue weighted by Gasteiger charge is -2.26. The van der Waals surface area contributed by atoms with E-state index in [4.69, 9.17) is 0 Å². The van der Waals surface area contributed by atoms with E-state index in [2.05, 4.69) is 11.8 Å². The van der Waals surface area contributed by atoms with E-state index in [0.717, 1.165) is 19.6 Å². The maximum absolute atomic E-state index is 12.0. The third kappa shape index (κ3) is 2.26. The standard InChI is InChI=1S/C8H13F2N/c1-2-11-5-3-7(4-6-11)8(9)10/h2-6H2,1H3. The van der Waals surface area contributed by atoms with Crippen molar-refractivity contribution in [1.82, 2.24) is 4.90 Å². The van der Waals surface area contributed by atoms with E-state index >= 15 is 0 Å². The van der Waals surface area contributed by atoms with E-state index in [-0.39, 0.29) is 0 Å². The van der Waals surface area contributed by atoms with Gasteiger partial charge < -0.3 is 4.90 Å². The van der Waals surface area contributed by atoms with Crippen molar-refractivity contribution < 1.29 is 8.78 Å². The summed E-state index contributed by atoms with van der Waals surface area (Å²) in [6.45, 7) is 4.62. The molecule has 1 nitrogen and oxygen atoms in total.